The van der Waals surface area contributed by atoms with E-state index in [4.69, 9.17) is 0 Å². The van der Waals surface area contributed by atoms with Crippen molar-refractivity contribution >= 4 is 15.9 Å². The van der Waals surface area contributed by atoms with Crippen molar-refractivity contribution in [1.29, 1.82) is 0 Å². The number of sulfonamides is 1. The van der Waals surface area contributed by atoms with Gasteiger partial charge in [0.05, 0.1) is 4.90 Å². The zero-order valence-corrected chi connectivity index (χ0v) is 14.9. The summed E-state index contributed by atoms with van der Waals surface area (Å²) in [5, 5.41) is 0. The molecular weight excluding hydrogens is 343 g/mol. The lowest BCUT2D eigenvalue weighted by Gasteiger charge is -2.36. The highest BCUT2D eigenvalue weighted by Crippen LogP contribution is 2.48. The fourth-order valence-electron chi connectivity index (χ4n) is 4.69. The predicted octanol–water partition coefficient (Wildman–Crippen LogP) is 2.09. The molecule has 136 valence electrons. The highest BCUT2D eigenvalue weighted by Gasteiger charge is 2.45. The van der Waals surface area contributed by atoms with Crippen LogP contribution in [0.1, 0.15) is 25.7 Å². The molecule has 5 nitrogen and oxygen atoms in total. The van der Waals surface area contributed by atoms with Crippen LogP contribution in [0.15, 0.2) is 29.2 Å². The Morgan fingerprint density at radius 2 is 1.68 bits per heavy atom. The standard InChI is InChI=1S/C18H23FN2O3S/c19-15-3-5-16(6-4-15)25(23,24)21-9-7-20(8-10-21)18(22)17-12-13-1-2-14(17)11-13/h3-6,13-14,17H,1-2,7-12H2/t13-,14-,17+/m0/s1. The minimum absolute atomic E-state index is 0.0989. The third-order valence-electron chi connectivity index (χ3n) is 6.06. The second-order valence-corrected chi connectivity index (χ2v) is 9.40. The molecule has 1 aliphatic heterocycles. The molecule has 0 spiro atoms. The summed E-state index contributed by atoms with van der Waals surface area (Å²) in [7, 11) is -3.63. The lowest BCUT2D eigenvalue weighted by Crippen LogP contribution is -2.52. The minimum Gasteiger partial charge on any atom is -0.340 e. The van der Waals surface area contributed by atoms with Crippen LogP contribution in [0, 0.1) is 23.6 Å². The molecule has 3 atom stereocenters. The number of nitrogens with zero attached hydrogens (tertiary/aromatic N) is 2. The van der Waals surface area contributed by atoms with Gasteiger partial charge in [-0.3, -0.25) is 4.79 Å². The van der Waals surface area contributed by atoms with Crippen LogP contribution >= 0.6 is 0 Å². The lowest BCUT2D eigenvalue weighted by atomic mass is 9.87. The van der Waals surface area contributed by atoms with E-state index in [2.05, 4.69) is 0 Å². The maximum atomic E-state index is 13.0. The van der Waals surface area contributed by atoms with Crippen LogP contribution in [0.25, 0.3) is 0 Å². The van der Waals surface area contributed by atoms with Crippen molar-refractivity contribution in [1.82, 2.24) is 9.21 Å². The molecule has 0 N–H and O–H groups in total. The van der Waals surface area contributed by atoms with Gasteiger partial charge in [0.1, 0.15) is 5.82 Å². The first kappa shape index (κ1) is 17.0. The van der Waals surface area contributed by atoms with Gasteiger partial charge in [0.25, 0.3) is 0 Å². The van der Waals surface area contributed by atoms with E-state index in [1.807, 2.05) is 4.90 Å². The Kier molecular flexibility index (Phi) is 4.32. The Hall–Kier alpha value is -1.47. The number of benzene rings is 1. The van der Waals surface area contributed by atoms with Crippen molar-refractivity contribution in [2.24, 2.45) is 17.8 Å². The Bertz CT molecular complexity index is 757. The molecule has 2 saturated carbocycles. The third kappa shape index (κ3) is 3.08. The van der Waals surface area contributed by atoms with E-state index in [9.17, 15) is 17.6 Å². The molecule has 2 bridgehead atoms. The number of carbonyl (C=O) groups is 1. The number of halogens is 1. The lowest BCUT2D eigenvalue weighted by molar-refractivity contribution is -0.138. The molecule has 0 unspecified atom stereocenters. The summed E-state index contributed by atoms with van der Waals surface area (Å²) in [5.41, 5.74) is 0. The molecule has 1 saturated heterocycles. The molecular formula is C18H23FN2O3S. The number of amides is 1. The number of carbonyl (C=O) groups excluding carboxylic acids is 1. The number of piperazine rings is 1. The minimum atomic E-state index is -3.63. The summed E-state index contributed by atoms with van der Waals surface area (Å²) in [6, 6.07) is 4.89. The van der Waals surface area contributed by atoms with Gasteiger partial charge in [-0.15, -0.1) is 0 Å². The van der Waals surface area contributed by atoms with E-state index in [1.54, 1.807) is 0 Å². The van der Waals surface area contributed by atoms with Crippen molar-refractivity contribution in [2.75, 3.05) is 26.2 Å². The van der Waals surface area contributed by atoms with E-state index in [0.29, 0.717) is 32.1 Å². The molecule has 1 amide bonds. The SMILES string of the molecule is O=C([C@@H]1C[C@H]2CC[C@H]1C2)N1CCN(S(=O)(=O)c2ccc(F)cc2)CC1. The highest BCUT2D eigenvalue weighted by molar-refractivity contribution is 7.89. The first-order chi connectivity index (χ1) is 11.9. The van der Waals surface area contributed by atoms with Gasteiger partial charge in [-0.1, -0.05) is 6.42 Å². The second-order valence-electron chi connectivity index (χ2n) is 7.46. The van der Waals surface area contributed by atoms with Gasteiger partial charge in [0.15, 0.2) is 0 Å². The molecule has 1 heterocycles. The van der Waals surface area contributed by atoms with E-state index < -0.39 is 15.8 Å². The largest absolute Gasteiger partial charge is 0.340 e. The second kappa shape index (κ2) is 6.36. The topological polar surface area (TPSA) is 57.7 Å². The summed E-state index contributed by atoms with van der Waals surface area (Å²) in [4.78, 5) is 14.7. The van der Waals surface area contributed by atoms with Gasteiger partial charge >= 0.3 is 0 Å². The molecule has 0 radical (unpaired) electrons. The average molecular weight is 366 g/mol. The fourth-order valence-corrected chi connectivity index (χ4v) is 6.11. The first-order valence-electron chi connectivity index (χ1n) is 8.99. The monoisotopic (exact) mass is 366 g/mol. The van der Waals surface area contributed by atoms with E-state index in [1.165, 1.54) is 35.7 Å². The molecule has 7 heteroatoms. The summed E-state index contributed by atoms with van der Waals surface area (Å²) in [6.45, 7) is 1.47. The summed E-state index contributed by atoms with van der Waals surface area (Å²) >= 11 is 0. The van der Waals surface area contributed by atoms with Crippen LogP contribution in [-0.4, -0.2) is 49.7 Å². The fraction of sp³-hybridized carbons (Fsp3) is 0.611. The van der Waals surface area contributed by atoms with Crippen LogP contribution < -0.4 is 0 Å². The Labute approximate surface area is 147 Å². The van der Waals surface area contributed by atoms with Crippen molar-refractivity contribution in [3.8, 4) is 0 Å². The van der Waals surface area contributed by atoms with Crippen molar-refractivity contribution in [3.05, 3.63) is 30.1 Å². The maximum absolute atomic E-state index is 13.0. The Morgan fingerprint density at radius 1 is 1.00 bits per heavy atom. The summed E-state index contributed by atoms with van der Waals surface area (Å²) < 4.78 is 39.7. The molecule has 25 heavy (non-hydrogen) atoms. The van der Waals surface area contributed by atoms with Crippen LogP contribution in [0.2, 0.25) is 0 Å². The Balaban J connectivity index is 1.39. The van der Waals surface area contributed by atoms with Crippen molar-refractivity contribution < 1.29 is 17.6 Å². The molecule has 2 aliphatic carbocycles. The number of hydrogen-bond donors (Lipinski definition) is 0. The number of fused-ring (bicyclic) bond motifs is 2. The normalized spacial score (nSPS) is 30.0. The molecule has 0 aromatic heterocycles. The zero-order valence-electron chi connectivity index (χ0n) is 14.1. The molecule has 1 aromatic carbocycles. The molecule has 1 aromatic rings. The smallest absolute Gasteiger partial charge is 0.243 e. The quantitative estimate of drug-likeness (QED) is 0.823. The van der Waals surface area contributed by atoms with Crippen molar-refractivity contribution in [2.45, 2.75) is 30.6 Å². The summed E-state index contributed by atoms with van der Waals surface area (Å²) in [5.74, 6) is 1.17. The van der Waals surface area contributed by atoms with Gasteiger partial charge < -0.3 is 4.90 Å². The van der Waals surface area contributed by atoms with Crippen LogP contribution in [0.3, 0.4) is 0 Å². The van der Waals surface area contributed by atoms with Crippen molar-refractivity contribution in [3.63, 3.8) is 0 Å². The molecule has 3 fully saturated rings. The van der Waals surface area contributed by atoms with Gasteiger partial charge in [0, 0.05) is 32.1 Å². The van der Waals surface area contributed by atoms with Crippen LogP contribution in [0.5, 0.6) is 0 Å². The summed E-state index contributed by atoms with van der Waals surface area (Å²) in [6.07, 6.45) is 4.63. The van der Waals surface area contributed by atoms with E-state index in [-0.39, 0.29) is 16.7 Å². The van der Waals surface area contributed by atoms with Gasteiger partial charge in [0.2, 0.25) is 15.9 Å². The highest BCUT2D eigenvalue weighted by atomic mass is 32.2. The number of hydrogen-bond acceptors (Lipinski definition) is 3. The number of rotatable bonds is 3. The maximum Gasteiger partial charge on any atom is 0.243 e. The molecule has 4 rings (SSSR count). The zero-order chi connectivity index (χ0) is 17.6. The average Bonchev–Trinajstić information content (AvgIpc) is 3.25. The predicted molar refractivity (Wildman–Crippen MR) is 90.7 cm³/mol. The van der Waals surface area contributed by atoms with Crippen LogP contribution in [-0.2, 0) is 14.8 Å². The van der Waals surface area contributed by atoms with Gasteiger partial charge in [-0.25, -0.2) is 12.8 Å². The van der Waals surface area contributed by atoms with Gasteiger partial charge in [-0.05, 0) is 55.4 Å². The Morgan fingerprint density at radius 3 is 2.24 bits per heavy atom. The molecule has 3 aliphatic rings. The van der Waals surface area contributed by atoms with Gasteiger partial charge in [-0.2, -0.15) is 4.31 Å². The first-order valence-corrected chi connectivity index (χ1v) is 10.4. The van der Waals surface area contributed by atoms with Crippen LogP contribution in [0.4, 0.5) is 4.39 Å². The van der Waals surface area contributed by atoms with E-state index in [0.717, 1.165) is 24.5 Å². The third-order valence-corrected chi connectivity index (χ3v) is 7.97. The van der Waals surface area contributed by atoms with E-state index >= 15 is 0 Å².